The molecule has 1 unspecified atom stereocenters. The van der Waals surface area contributed by atoms with Gasteiger partial charge in [0.25, 0.3) is 11.8 Å². The van der Waals surface area contributed by atoms with Gasteiger partial charge in [0.05, 0.1) is 17.2 Å². The standard InChI is InChI=1S/C29H32N4O4S2/c1-3-17-38-27-22(11-8-14-30-27)28(35)33-15-12-21(13-16-33)26-32-24(19-39-26)25(34)31-23(29(36)37-4-2)18-20-9-6-5-7-10-20/h3,5-11,14,19,21,23H,1,4,12-13,15-18H2,2H3,(H,31,34). The smallest absolute Gasteiger partial charge is 0.328 e. The second kappa shape index (κ2) is 14.0. The Morgan fingerprint density at radius 3 is 2.69 bits per heavy atom. The number of pyridine rings is 1. The van der Waals surface area contributed by atoms with Crippen LogP contribution in [0.25, 0.3) is 0 Å². The van der Waals surface area contributed by atoms with Gasteiger partial charge in [-0.25, -0.2) is 14.8 Å². The summed E-state index contributed by atoms with van der Waals surface area (Å²) in [5, 5.41) is 6.12. The first kappa shape index (κ1) is 28.5. The van der Waals surface area contributed by atoms with Gasteiger partial charge in [0.15, 0.2) is 0 Å². The molecule has 1 fully saturated rings. The second-order valence-electron chi connectivity index (χ2n) is 9.06. The molecule has 1 aliphatic rings. The van der Waals surface area contributed by atoms with Crippen molar-refractivity contribution < 1.29 is 19.1 Å². The molecule has 0 saturated carbocycles. The van der Waals surface area contributed by atoms with Crippen molar-refractivity contribution in [2.24, 2.45) is 0 Å². The molecule has 1 saturated heterocycles. The van der Waals surface area contributed by atoms with E-state index in [2.05, 4.69) is 21.9 Å². The predicted octanol–water partition coefficient (Wildman–Crippen LogP) is 4.74. The van der Waals surface area contributed by atoms with Gasteiger partial charge in [0, 0.05) is 42.8 Å². The fraction of sp³-hybridized carbons (Fsp3) is 0.345. The summed E-state index contributed by atoms with van der Waals surface area (Å²) in [6.07, 6.45) is 5.34. The Labute approximate surface area is 236 Å². The number of carbonyl (C=O) groups is 3. The number of benzene rings is 1. The SMILES string of the molecule is C=CCSc1ncccc1C(=O)N1CCC(c2nc(C(=O)NC(Cc3ccccc3)C(=O)OCC)cs2)CC1. The molecule has 3 aromatic rings. The number of nitrogens with zero attached hydrogens (tertiary/aromatic N) is 3. The molecule has 1 atom stereocenters. The number of carbonyl (C=O) groups excluding carboxylic acids is 3. The third kappa shape index (κ3) is 7.54. The summed E-state index contributed by atoms with van der Waals surface area (Å²) in [7, 11) is 0. The minimum absolute atomic E-state index is 0.0178. The highest BCUT2D eigenvalue weighted by atomic mass is 32.2. The number of amides is 2. The number of rotatable bonds is 11. The minimum atomic E-state index is -0.804. The topological polar surface area (TPSA) is 101 Å². The summed E-state index contributed by atoms with van der Waals surface area (Å²) in [4.78, 5) is 49.6. The van der Waals surface area contributed by atoms with Crippen molar-refractivity contribution in [2.45, 2.75) is 43.2 Å². The monoisotopic (exact) mass is 564 g/mol. The first-order chi connectivity index (χ1) is 19.0. The lowest BCUT2D eigenvalue weighted by molar-refractivity contribution is -0.145. The van der Waals surface area contributed by atoms with E-state index < -0.39 is 17.9 Å². The van der Waals surface area contributed by atoms with Crippen molar-refractivity contribution in [2.75, 3.05) is 25.4 Å². The molecule has 204 valence electrons. The number of nitrogens with one attached hydrogen (secondary N) is 1. The third-order valence-electron chi connectivity index (χ3n) is 6.38. The normalized spacial score (nSPS) is 14.4. The van der Waals surface area contributed by atoms with Crippen molar-refractivity contribution in [1.82, 2.24) is 20.2 Å². The zero-order chi connectivity index (χ0) is 27.6. The molecule has 3 heterocycles. The number of esters is 1. The molecular formula is C29H32N4O4S2. The Bertz CT molecular complexity index is 1290. The summed E-state index contributed by atoms with van der Waals surface area (Å²) in [6, 6.07) is 12.3. The van der Waals surface area contributed by atoms with Gasteiger partial charge in [-0.3, -0.25) is 9.59 Å². The lowest BCUT2D eigenvalue weighted by Gasteiger charge is -2.31. The van der Waals surface area contributed by atoms with Crippen LogP contribution >= 0.6 is 23.1 Å². The highest BCUT2D eigenvalue weighted by molar-refractivity contribution is 7.99. The van der Waals surface area contributed by atoms with Crippen LogP contribution in [-0.4, -0.2) is 64.1 Å². The number of piperidine rings is 1. The van der Waals surface area contributed by atoms with Gasteiger partial charge in [0.2, 0.25) is 0 Å². The molecule has 1 N–H and O–H groups in total. The van der Waals surface area contributed by atoms with Crippen LogP contribution in [0, 0.1) is 0 Å². The quantitative estimate of drug-likeness (QED) is 0.204. The van der Waals surface area contributed by atoms with E-state index >= 15 is 0 Å². The van der Waals surface area contributed by atoms with Crippen molar-refractivity contribution in [3.8, 4) is 0 Å². The maximum Gasteiger partial charge on any atom is 0.328 e. The van der Waals surface area contributed by atoms with Crippen LogP contribution in [0.1, 0.15) is 57.1 Å². The third-order valence-corrected chi connectivity index (χ3v) is 8.39. The fourth-order valence-electron chi connectivity index (χ4n) is 4.40. The zero-order valence-corrected chi connectivity index (χ0v) is 23.5. The maximum absolute atomic E-state index is 13.2. The fourth-order valence-corrected chi connectivity index (χ4v) is 6.10. The average molecular weight is 565 g/mol. The van der Waals surface area contributed by atoms with E-state index in [1.165, 1.54) is 23.1 Å². The molecule has 2 amide bonds. The van der Waals surface area contributed by atoms with E-state index in [1.54, 1.807) is 30.6 Å². The molecule has 0 spiro atoms. The second-order valence-corrected chi connectivity index (χ2v) is 11.0. The summed E-state index contributed by atoms with van der Waals surface area (Å²) in [5.74, 6) is -0.0429. The molecule has 8 nitrogen and oxygen atoms in total. The van der Waals surface area contributed by atoms with Crippen LogP contribution in [0.5, 0.6) is 0 Å². The van der Waals surface area contributed by atoms with Gasteiger partial charge < -0.3 is 15.0 Å². The molecule has 1 aliphatic heterocycles. The number of thioether (sulfide) groups is 1. The van der Waals surface area contributed by atoms with Gasteiger partial charge in [-0.05, 0) is 37.5 Å². The average Bonchev–Trinajstić information content (AvgIpc) is 3.47. The van der Waals surface area contributed by atoms with E-state index in [1.807, 2.05) is 41.3 Å². The summed E-state index contributed by atoms with van der Waals surface area (Å²) >= 11 is 2.94. The lowest BCUT2D eigenvalue weighted by atomic mass is 9.97. The number of likely N-dealkylation sites (tertiary alicyclic amines) is 1. The molecule has 10 heteroatoms. The first-order valence-electron chi connectivity index (χ1n) is 12.9. The zero-order valence-electron chi connectivity index (χ0n) is 21.9. The molecule has 0 bridgehead atoms. The van der Waals surface area contributed by atoms with Crippen LogP contribution in [0.2, 0.25) is 0 Å². The molecule has 0 aliphatic carbocycles. The van der Waals surface area contributed by atoms with E-state index in [-0.39, 0.29) is 24.1 Å². The van der Waals surface area contributed by atoms with Crippen molar-refractivity contribution in [3.05, 3.63) is 88.5 Å². The van der Waals surface area contributed by atoms with Gasteiger partial charge in [-0.15, -0.1) is 29.7 Å². The van der Waals surface area contributed by atoms with Crippen LogP contribution in [0.3, 0.4) is 0 Å². The lowest BCUT2D eigenvalue weighted by Crippen LogP contribution is -2.43. The van der Waals surface area contributed by atoms with Gasteiger partial charge in [0.1, 0.15) is 16.8 Å². The number of hydrogen-bond donors (Lipinski definition) is 1. The first-order valence-corrected chi connectivity index (χ1v) is 14.8. The molecule has 4 rings (SSSR count). The number of ether oxygens (including phenoxy) is 1. The van der Waals surface area contributed by atoms with Crippen LogP contribution < -0.4 is 5.32 Å². The molecule has 0 radical (unpaired) electrons. The van der Waals surface area contributed by atoms with Gasteiger partial charge in [-0.1, -0.05) is 36.4 Å². The van der Waals surface area contributed by atoms with E-state index in [9.17, 15) is 14.4 Å². The summed E-state index contributed by atoms with van der Waals surface area (Å²) < 4.78 is 5.19. The van der Waals surface area contributed by atoms with Gasteiger partial charge in [-0.2, -0.15) is 0 Å². The largest absolute Gasteiger partial charge is 0.464 e. The molecule has 1 aromatic carbocycles. The van der Waals surface area contributed by atoms with Crippen molar-refractivity contribution in [1.29, 1.82) is 0 Å². The Balaban J connectivity index is 1.36. The maximum atomic E-state index is 13.2. The van der Waals surface area contributed by atoms with Crippen LogP contribution in [0.4, 0.5) is 0 Å². The van der Waals surface area contributed by atoms with Crippen molar-refractivity contribution in [3.63, 3.8) is 0 Å². The van der Waals surface area contributed by atoms with Crippen LogP contribution in [-0.2, 0) is 16.0 Å². The highest BCUT2D eigenvalue weighted by Crippen LogP contribution is 2.31. The van der Waals surface area contributed by atoms with Crippen molar-refractivity contribution >= 4 is 40.9 Å². The van der Waals surface area contributed by atoms with E-state index in [4.69, 9.17) is 4.74 Å². The summed E-state index contributed by atoms with van der Waals surface area (Å²) in [6.45, 7) is 6.92. The summed E-state index contributed by atoms with van der Waals surface area (Å²) in [5.41, 5.74) is 1.83. The van der Waals surface area contributed by atoms with Gasteiger partial charge >= 0.3 is 5.97 Å². The number of hydrogen-bond acceptors (Lipinski definition) is 8. The van der Waals surface area contributed by atoms with E-state index in [0.717, 1.165) is 23.4 Å². The number of thiazole rings is 1. The number of aromatic nitrogens is 2. The molecule has 2 aromatic heterocycles. The minimum Gasteiger partial charge on any atom is -0.464 e. The Morgan fingerprint density at radius 2 is 1.97 bits per heavy atom. The Hall–Kier alpha value is -3.50. The molecule has 39 heavy (non-hydrogen) atoms. The van der Waals surface area contributed by atoms with E-state index in [0.29, 0.717) is 35.9 Å². The predicted molar refractivity (Wildman–Crippen MR) is 153 cm³/mol. The molecular weight excluding hydrogens is 532 g/mol. The Morgan fingerprint density at radius 1 is 1.21 bits per heavy atom. The highest BCUT2D eigenvalue weighted by Gasteiger charge is 2.29. The van der Waals surface area contributed by atoms with Crippen LogP contribution in [0.15, 0.2) is 71.7 Å². The Kier molecular flexibility index (Phi) is 10.3.